The van der Waals surface area contributed by atoms with E-state index < -0.39 is 0 Å². The third-order valence-electron chi connectivity index (χ3n) is 2.63. The number of nitrogens with zero attached hydrogens (tertiary/aromatic N) is 3. The van der Waals surface area contributed by atoms with Gasteiger partial charge in [-0.15, -0.1) is 0 Å². The van der Waals surface area contributed by atoms with Gasteiger partial charge in [-0.3, -0.25) is 0 Å². The lowest BCUT2D eigenvalue weighted by Gasteiger charge is -2.10. The van der Waals surface area contributed by atoms with E-state index in [9.17, 15) is 0 Å². The van der Waals surface area contributed by atoms with Crippen molar-refractivity contribution in [3.05, 3.63) is 35.3 Å². The molecule has 0 aliphatic heterocycles. The summed E-state index contributed by atoms with van der Waals surface area (Å²) in [5.74, 6) is 0.830. The van der Waals surface area contributed by atoms with Crippen LogP contribution in [0.4, 0.5) is 5.82 Å². The van der Waals surface area contributed by atoms with Gasteiger partial charge in [0, 0.05) is 30.4 Å². The fourth-order valence-electron chi connectivity index (χ4n) is 1.75. The summed E-state index contributed by atoms with van der Waals surface area (Å²) in [5, 5.41) is 3.83. The number of nitrogens with one attached hydrogen (secondary N) is 2. The Morgan fingerprint density at radius 3 is 2.94 bits per heavy atom. The van der Waals surface area contributed by atoms with Gasteiger partial charge in [-0.1, -0.05) is 24.9 Å². The van der Waals surface area contributed by atoms with Crippen LogP contribution in [-0.4, -0.2) is 26.5 Å². The molecular formula is C12H16ClN5. The van der Waals surface area contributed by atoms with Gasteiger partial charge in [-0.05, 0) is 6.42 Å². The van der Waals surface area contributed by atoms with E-state index in [2.05, 4.69) is 32.2 Å². The minimum Gasteiger partial charge on any atom is -0.369 e. The second-order valence-electron chi connectivity index (χ2n) is 4.00. The van der Waals surface area contributed by atoms with E-state index >= 15 is 0 Å². The number of aromatic amines is 1. The maximum atomic E-state index is 6.08. The molecule has 0 radical (unpaired) electrons. The van der Waals surface area contributed by atoms with Gasteiger partial charge in [0.2, 0.25) is 0 Å². The Hall–Kier alpha value is -1.62. The smallest absolute Gasteiger partial charge is 0.137 e. The number of H-pyrrole nitrogens is 1. The molecule has 0 aliphatic carbocycles. The molecule has 0 amide bonds. The molecule has 0 saturated carbocycles. The van der Waals surface area contributed by atoms with E-state index in [0.717, 1.165) is 42.9 Å². The number of rotatable bonds is 6. The SMILES string of the molecule is CCCc1c(Cl)ncnc1NCCc1cnc[nH]1. The van der Waals surface area contributed by atoms with E-state index in [-0.39, 0.29) is 0 Å². The number of hydrogen-bond acceptors (Lipinski definition) is 4. The molecule has 5 nitrogen and oxygen atoms in total. The van der Waals surface area contributed by atoms with Crippen LogP contribution in [0, 0.1) is 0 Å². The largest absolute Gasteiger partial charge is 0.369 e. The molecule has 0 fully saturated rings. The van der Waals surface area contributed by atoms with Crippen LogP contribution >= 0.6 is 11.6 Å². The molecule has 6 heteroatoms. The molecule has 2 aromatic rings. The summed E-state index contributed by atoms with van der Waals surface area (Å²) in [7, 11) is 0. The molecule has 0 saturated heterocycles. The number of hydrogen-bond donors (Lipinski definition) is 2. The lowest BCUT2D eigenvalue weighted by molar-refractivity contribution is 0.890. The van der Waals surface area contributed by atoms with E-state index in [4.69, 9.17) is 11.6 Å². The first-order valence-electron chi connectivity index (χ1n) is 6.01. The molecule has 0 spiro atoms. The summed E-state index contributed by atoms with van der Waals surface area (Å²) in [6.07, 6.45) is 7.75. The standard InChI is InChI=1S/C12H16ClN5/c1-2-3-10-11(13)17-8-18-12(10)15-5-4-9-6-14-7-16-9/h6-8H,2-5H2,1H3,(H,14,16)(H,15,17,18). The highest BCUT2D eigenvalue weighted by Gasteiger charge is 2.08. The van der Waals surface area contributed by atoms with Crippen molar-refractivity contribution < 1.29 is 0 Å². The van der Waals surface area contributed by atoms with Crippen LogP contribution in [0.15, 0.2) is 18.9 Å². The molecule has 2 rings (SSSR count). The van der Waals surface area contributed by atoms with Crippen LogP contribution in [-0.2, 0) is 12.8 Å². The summed E-state index contributed by atoms with van der Waals surface area (Å²) in [6, 6.07) is 0. The van der Waals surface area contributed by atoms with Gasteiger partial charge in [-0.2, -0.15) is 0 Å². The Kier molecular flexibility index (Phi) is 4.52. The Bertz CT molecular complexity index is 483. The topological polar surface area (TPSA) is 66.5 Å². The molecule has 0 aromatic carbocycles. The Morgan fingerprint density at radius 1 is 1.33 bits per heavy atom. The van der Waals surface area contributed by atoms with Crippen molar-refractivity contribution in [2.75, 3.05) is 11.9 Å². The first-order valence-corrected chi connectivity index (χ1v) is 6.39. The molecule has 0 unspecified atom stereocenters. The van der Waals surface area contributed by atoms with Crippen LogP contribution in [0.1, 0.15) is 24.6 Å². The first-order chi connectivity index (χ1) is 8.81. The fraction of sp³-hybridized carbons (Fsp3) is 0.417. The van der Waals surface area contributed by atoms with Gasteiger partial charge in [0.25, 0.3) is 0 Å². The lowest BCUT2D eigenvalue weighted by Crippen LogP contribution is -2.09. The molecule has 0 aliphatic rings. The molecule has 0 bridgehead atoms. The number of halogens is 1. The Labute approximate surface area is 111 Å². The van der Waals surface area contributed by atoms with Crippen molar-refractivity contribution in [2.45, 2.75) is 26.2 Å². The third-order valence-corrected chi connectivity index (χ3v) is 2.96. The van der Waals surface area contributed by atoms with Gasteiger partial charge >= 0.3 is 0 Å². The molecular weight excluding hydrogens is 250 g/mol. The van der Waals surface area contributed by atoms with Crippen LogP contribution in [0.3, 0.4) is 0 Å². The summed E-state index contributed by atoms with van der Waals surface area (Å²) in [4.78, 5) is 15.3. The summed E-state index contributed by atoms with van der Waals surface area (Å²) in [6.45, 7) is 2.89. The minimum atomic E-state index is 0.538. The first kappa shape index (κ1) is 12.8. The van der Waals surface area contributed by atoms with Crippen molar-refractivity contribution in [3.63, 3.8) is 0 Å². The highest BCUT2D eigenvalue weighted by atomic mass is 35.5. The normalized spacial score (nSPS) is 10.6. The maximum absolute atomic E-state index is 6.08. The Balaban J connectivity index is 1.98. The van der Waals surface area contributed by atoms with E-state index in [0.29, 0.717) is 5.15 Å². The van der Waals surface area contributed by atoms with Gasteiger partial charge in [0.1, 0.15) is 17.3 Å². The average molecular weight is 266 g/mol. The lowest BCUT2D eigenvalue weighted by atomic mass is 10.2. The quantitative estimate of drug-likeness (QED) is 0.788. The third kappa shape index (κ3) is 3.20. The number of imidazole rings is 1. The Morgan fingerprint density at radius 2 is 2.22 bits per heavy atom. The van der Waals surface area contributed by atoms with Gasteiger partial charge in [0.05, 0.1) is 6.33 Å². The second-order valence-corrected chi connectivity index (χ2v) is 4.35. The number of aromatic nitrogens is 4. The second kappa shape index (κ2) is 6.35. The van der Waals surface area contributed by atoms with Crippen molar-refractivity contribution in [3.8, 4) is 0 Å². The molecule has 2 heterocycles. The van der Waals surface area contributed by atoms with Gasteiger partial charge in [-0.25, -0.2) is 15.0 Å². The molecule has 2 aromatic heterocycles. The minimum absolute atomic E-state index is 0.538. The van der Waals surface area contributed by atoms with Crippen LogP contribution in [0.2, 0.25) is 5.15 Å². The summed E-state index contributed by atoms with van der Waals surface area (Å²) in [5.41, 5.74) is 2.09. The summed E-state index contributed by atoms with van der Waals surface area (Å²) >= 11 is 6.08. The van der Waals surface area contributed by atoms with Crippen LogP contribution in [0.25, 0.3) is 0 Å². The molecule has 2 N–H and O–H groups in total. The van der Waals surface area contributed by atoms with E-state index in [1.807, 2.05) is 6.20 Å². The van der Waals surface area contributed by atoms with E-state index in [1.54, 1.807) is 6.33 Å². The van der Waals surface area contributed by atoms with Crippen molar-refractivity contribution in [1.82, 2.24) is 19.9 Å². The molecule has 96 valence electrons. The zero-order valence-corrected chi connectivity index (χ0v) is 11.0. The highest BCUT2D eigenvalue weighted by Crippen LogP contribution is 2.21. The summed E-state index contributed by atoms with van der Waals surface area (Å²) < 4.78 is 0. The predicted octanol–water partition coefficient (Wildman–Crippen LogP) is 2.46. The van der Waals surface area contributed by atoms with E-state index in [1.165, 1.54) is 6.33 Å². The maximum Gasteiger partial charge on any atom is 0.137 e. The zero-order chi connectivity index (χ0) is 12.8. The van der Waals surface area contributed by atoms with Crippen LogP contribution in [0.5, 0.6) is 0 Å². The van der Waals surface area contributed by atoms with Crippen molar-refractivity contribution in [2.24, 2.45) is 0 Å². The monoisotopic (exact) mass is 265 g/mol. The molecule has 18 heavy (non-hydrogen) atoms. The average Bonchev–Trinajstić information content (AvgIpc) is 2.86. The van der Waals surface area contributed by atoms with Crippen molar-refractivity contribution >= 4 is 17.4 Å². The number of anilines is 1. The van der Waals surface area contributed by atoms with Gasteiger partial charge in [0.15, 0.2) is 0 Å². The van der Waals surface area contributed by atoms with Crippen molar-refractivity contribution in [1.29, 1.82) is 0 Å². The predicted molar refractivity (Wildman–Crippen MR) is 71.8 cm³/mol. The zero-order valence-electron chi connectivity index (χ0n) is 10.3. The molecule has 0 atom stereocenters. The fourth-order valence-corrected chi connectivity index (χ4v) is 1.98. The van der Waals surface area contributed by atoms with Crippen LogP contribution < -0.4 is 5.32 Å². The highest BCUT2D eigenvalue weighted by molar-refractivity contribution is 6.30. The van der Waals surface area contributed by atoms with Gasteiger partial charge < -0.3 is 10.3 Å².